The second-order valence-electron chi connectivity index (χ2n) is 2.08. The minimum Gasteiger partial charge on any atom is -0.380 e. The fraction of sp³-hybridized carbons (Fsp3) is 1.00. The third kappa shape index (κ3) is 6.13. The van der Waals surface area contributed by atoms with Gasteiger partial charge in [0.05, 0.1) is 12.0 Å². The molecule has 1 unspecified atom stereocenters. The van der Waals surface area contributed by atoms with Gasteiger partial charge in [-0.3, -0.25) is 0 Å². The molecular formula is C7H15ClO. The molecule has 9 heavy (non-hydrogen) atoms. The van der Waals surface area contributed by atoms with Crippen LogP contribution in [0.3, 0.4) is 0 Å². The highest BCUT2D eigenvalue weighted by Crippen LogP contribution is 2.00. The third-order valence-electron chi connectivity index (χ3n) is 1.09. The van der Waals surface area contributed by atoms with Gasteiger partial charge in [-0.1, -0.05) is 13.8 Å². The monoisotopic (exact) mass is 150 g/mol. The molecule has 0 saturated carbocycles. The van der Waals surface area contributed by atoms with Gasteiger partial charge in [0.15, 0.2) is 0 Å². The van der Waals surface area contributed by atoms with Gasteiger partial charge in [-0.2, -0.15) is 0 Å². The van der Waals surface area contributed by atoms with Crippen LogP contribution in [0.2, 0.25) is 0 Å². The van der Waals surface area contributed by atoms with Crippen LogP contribution in [-0.4, -0.2) is 18.6 Å². The van der Waals surface area contributed by atoms with Gasteiger partial charge in [0.2, 0.25) is 0 Å². The minimum atomic E-state index is 0.205. The maximum atomic E-state index is 5.78. The van der Waals surface area contributed by atoms with Crippen molar-refractivity contribution in [2.24, 2.45) is 0 Å². The Bertz CT molecular complexity index is 56.9. The molecule has 1 nitrogen and oxygen atoms in total. The van der Waals surface area contributed by atoms with Crippen LogP contribution in [0.15, 0.2) is 0 Å². The molecule has 56 valence electrons. The zero-order valence-electron chi connectivity index (χ0n) is 6.19. The molecule has 0 aliphatic carbocycles. The van der Waals surface area contributed by atoms with E-state index in [0.717, 1.165) is 19.4 Å². The lowest BCUT2D eigenvalue weighted by molar-refractivity contribution is 0.134. The first-order chi connectivity index (χ1) is 4.31. The van der Waals surface area contributed by atoms with Crippen LogP contribution in [0.25, 0.3) is 0 Å². The molecule has 0 aliphatic rings. The highest BCUT2D eigenvalue weighted by atomic mass is 35.5. The van der Waals surface area contributed by atoms with Crippen molar-refractivity contribution in [3.05, 3.63) is 0 Å². The average molecular weight is 151 g/mol. The molecule has 0 saturated heterocycles. The van der Waals surface area contributed by atoms with Crippen molar-refractivity contribution < 1.29 is 4.74 Å². The lowest BCUT2D eigenvalue weighted by Crippen LogP contribution is -2.07. The Morgan fingerprint density at radius 1 is 1.44 bits per heavy atom. The van der Waals surface area contributed by atoms with Crippen molar-refractivity contribution in [1.82, 2.24) is 0 Å². The van der Waals surface area contributed by atoms with Gasteiger partial charge in [-0.25, -0.2) is 0 Å². The predicted molar refractivity (Wildman–Crippen MR) is 41.0 cm³/mol. The fourth-order valence-electron chi connectivity index (χ4n) is 0.473. The largest absolute Gasteiger partial charge is 0.380 e. The first-order valence-corrected chi connectivity index (χ1v) is 3.96. The maximum Gasteiger partial charge on any atom is 0.0629 e. The van der Waals surface area contributed by atoms with Gasteiger partial charge in [0.1, 0.15) is 0 Å². The van der Waals surface area contributed by atoms with Crippen molar-refractivity contribution in [2.45, 2.75) is 32.1 Å². The third-order valence-corrected chi connectivity index (χ3v) is 1.52. The van der Waals surface area contributed by atoms with Crippen molar-refractivity contribution in [2.75, 3.05) is 13.2 Å². The second kappa shape index (κ2) is 6.37. The van der Waals surface area contributed by atoms with E-state index in [2.05, 4.69) is 13.8 Å². The number of ether oxygens (including phenoxy) is 1. The first-order valence-electron chi connectivity index (χ1n) is 3.53. The summed E-state index contributed by atoms with van der Waals surface area (Å²) in [5.41, 5.74) is 0. The van der Waals surface area contributed by atoms with E-state index >= 15 is 0 Å². The number of hydrogen-bond acceptors (Lipinski definition) is 1. The average Bonchev–Trinajstić information content (AvgIpc) is 1.89. The van der Waals surface area contributed by atoms with Crippen molar-refractivity contribution in [3.8, 4) is 0 Å². The quantitative estimate of drug-likeness (QED) is 0.432. The van der Waals surface area contributed by atoms with E-state index in [-0.39, 0.29) is 5.38 Å². The number of alkyl halides is 1. The Morgan fingerprint density at radius 3 is 2.56 bits per heavy atom. The number of hydrogen-bond donors (Lipinski definition) is 0. The lowest BCUT2D eigenvalue weighted by atomic mass is 10.3. The summed E-state index contributed by atoms with van der Waals surface area (Å²) in [5, 5.41) is 0.205. The fourth-order valence-corrected chi connectivity index (χ4v) is 0.562. The molecule has 0 N–H and O–H groups in total. The van der Waals surface area contributed by atoms with Crippen LogP contribution in [0.4, 0.5) is 0 Å². The Morgan fingerprint density at radius 2 is 2.11 bits per heavy atom. The van der Waals surface area contributed by atoms with E-state index in [0.29, 0.717) is 6.61 Å². The van der Waals surface area contributed by atoms with E-state index in [1.54, 1.807) is 0 Å². The topological polar surface area (TPSA) is 9.23 Å². The van der Waals surface area contributed by atoms with Crippen molar-refractivity contribution >= 4 is 11.6 Å². The normalized spacial score (nSPS) is 13.7. The highest BCUT2D eigenvalue weighted by Gasteiger charge is 1.98. The Hall–Kier alpha value is 0.250. The lowest BCUT2D eigenvalue weighted by Gasteiger charge is -2.05. The molecule has 0 heterocycles. The summed E-state index contributed by atoms with van der Waals surface area (Å²) < 4.78 is 5.20. The van der Waals surface area contributed by atoms with Crippen LogP contribution in [-0.2, 0) is 4.74 Å². The van der Waals surface area contributed by atoms with E-state index in [1.165, 1.54) is 0 Å². The zero-order chi connectivity index (χ0) is 7.11. The summed E-state index contributed by atoms with van der Waals surface area (Å²) in [5.74, 6) is 0. The number of rotatable bonds is 5. The van der Waals surface area contributed by atoms with Gasteiger partial charge >= 0.3 is 0 Å². The molecule has 0 amide bonds. The SMILES string of the molecule is CCCOCC(Cl)CC. The molecule has 0 fully saturated rings. The van der Waals surface area contributed by atoms with E-state index < -0.39 is 0 Å². The molecule has 0 bridgehead atoms. The summed E-state index contributed by atoms with van der Waals surface area (Å²) in [4.78, 5) is 0. The number of halogens is 1. The predicted octanol–water partition coefficient (Wildman–Crippen LogP) is 2.43. The van der Waals surface area contributed by atoms with Crippen LogP contribution < -0.4 is 0 Å². The highest BCUT2D eigenvalue weighted by molar-refractivity contribution is 6.20. The Balaban J connectivity index is 2.88. The molecule has 0 rings (SSSR count). The maximum absolute atomic E-state index is 5.78. The van der Waals surface area contributed by atoms with Crippen LogP contribution in [0.1, 0.15) is 26.7 Å². The smallest absolute Gasteiger partial charge is 0.0629 e. The summed E-state index contributed by atoms with van der Waals surface area (Å²) >= 11 is 5.78. The molecule has 0 spiro atoms. The molecule has 0 aromatic carbocycles. The zero-order valence-corrected chi connectivity index (χ0v) is 6.95. The van der Waals surface area contributed by atoms with E-state index in [1.807, 2.05) is 0 Å². The summed E-state index contributed by atoms with van der Waals surface area (Å²) in [7, 11) is 0. The van der Waals surface area contributed by atoms with Crippen LogP contribution >= 0.6 is 11.6 Å². The Kier molecular flexibility index (Phi) is 6.55. The van der Waals surface area contributed by atoms with Crippen LogP contribution in [0, 0.1) is 0 Å². The first kappa shape index (κ1) is 9.25. The molecule has 0 aromatic rings. The second-order valence-corrected chi connectivity index (χ2v) is 2.70. The molecular weight excluding hydrogens is 136 g/mol. The molecule has 2 heteroatoms. The van der Waals surface area contributed by atoms with Gasteiger partial charge in [-0.05, 0) is 12.8 Å². The molecule has 0 radical (unpaired) electrons. The van der Waals surface area contributed by atoms with E-state index in [4.69, 9.17) is 16.3 Å². The summed E-state index contributed by atoms with van der Waals surface area (Å²) in [6.07, 6.45) is 2.07. The van der Waals surface area contributed by atoms with Crippen molar-refractivity contribution in [1.29, 1.82) is 0 Å². The van der Waals surface area contributed by atoms with Gasteiger partial charge in [-0.15, -0.1) is 11.6 Å². The molecule has 1 atom stereocenters. The van der Waals surface area contributed by atoms with Crippen molar-refractivity contribution in [3.63, 3.8) is 0 Å². The van der Waals surface area contributed by atoms with Gasteiger partial charge < -0.3 is 4.74 Å². The van der Waals surface area contributed by atoms with Gasteiger partial charge in [0, 0.05) is 6.61 Å². The summed E-state index contributed by atoms with van der Waals surface area (Å²) in [6, 6.07) is 0. The van der Waals surface area contributed by atoms with Gasteiger partial charge in [0.25, 0.3) is 0 Å². The Labute approximate surface area is 62.3 Å². The molecule has 0 aromatic heterocycles. The standard InChI is InChI=1S/C7H15ClO/c1-3-5-9-6-7(8)4-2/h7H,3-6H2,1-2H3. The van der Waals surface area contributed by atoms with Crippen LogP contribution in [0.5, 0.6) is 0 Å². The summed E-state index contributed by atoms with van der Waals surface area (Å²) in [6.45, 7) is 5.69. The van der Waals surface area contributed by atoms with E-state index in [9.17, 15) is 0 Å². The molecule has 0 aliphatic heterocycles. The minimum absolute atomic E-state index is 0.205.